The van der Waals surface area contributed by atoms with Crippen LogP contribution >= 0.6 is 11.6 Å². The summed E-state index contributed by atoms with van der Waals surface area (Å²) >= 11 is 5.88. The fourth-order valence-corrected chi connectivity index (χ4v) is 2.65. The summed E-state index contributed by atoms with van der Waals surface area (Å²) in [5.74, 6) is 0.109. The van der Waals surface area contributed by atoms with Crippen LogP contribution < -0.4 is 5.32 Å². The minimum Gasteiger partial charge on any atom is -0.337 e. The molecule has 1 aromatic rings. The Labute approximate surface area is 117 Å². The van der Waals surface area contributed by atoms with E-state index >= 15 is 0 Å². The summed E-state index contributed by atoms with van der Waals surface area (Å²) in [5.41, 5.74) is 1.05. The van der Waals surface area contributed by atoms with Crippen LogP contribution in [0.3, 0.4) is 0 Å². The second kappa shape index (κ2) is 6.35. The van der Waals surface area contributed by atoms with Gasteiger partial charge in [0.1, 0.15) is 0 Å². The quantitative estimate of drug-likeness (QED) is 0.843. The van der Waals surface area contributed by atoms with Crippen LogP contribution in [0.4, 0.5) is 4.39 Å². The highest BCUT2D eigenvalue weighted by Gasteiger charge is 2.37. The van der Waals surface area contributed by atoms with Crippen LogP contribution in [-0.2, 0) is 4.79 Å². The van der Waals surface area contributed by atoms with Crippen molar-refractivity contribution in [1.82, 2.24) is 10.2 Å². The Morgan fingerprint density at radius 3 is 2.74 bits per heavy atom. The van der Waals surface area contributed by atoms with Crippen molar-refractivity contribution >= 4 is 17.5 Å². The summed E-state index contributed by atoms with van der Waals surface area (Å²) in [5, 5.41) is 3.95. The minimum atomic E-state index is -0.338. The normalized spacial score (nSPS) is 23.1. The predicted molar refractivity (Wildman–Crippen MR) is 74.0 cm³/mol. The van der Waals surface area contributed by atoms with Gasteiger partial charge in [0.05, 0.1) is 12.7 Å². The fraction of sp³-hybridized carbons (Fsp3) is 0.500. The molecule has 0 aromatic heterocycles. The zero-order valence-corrected chi connectivity index (χ0v) is 11.7. The van der Waals surface area contributed by atoms with Gasteiger partial charge in [-0.05, 0) is 30.7 Å². The van der Waals surface area contributed by atoms with E-state index in [1.807, 2.05) is 24.3 Å². The van der Waals surface area contributed by atoms with Crippen molar-refractivity contribution in [3.63, 3.8) is 0 Å². The SMILES string of the molecule is CN1C(=O)C[C@@H](NCCCF)[C@H]1c1ccc(Cl)cc1. The van der Waals surface area contributed by atoms with Crippen LogP contribution in [-0.4, -0.2) is 37.1 Å². The van der Waals surface area contributed by atoms with E-state index in [0.29, 0.717) is 24.4 Å². The van der Waals surface area contributed by atoms with Gasteiger partial charge in [-0.1, -0.05) is 23.7 Å². The average molecular weight is 285 g/mol. The molecule has 1 aliphatic rings. The first-order chi connectivity index (χ1) is 9.13. The predicted octanol–water partition coefficient (Wildman–Crippen LogP) is 2.56. The van der Waals surface area contributed by atoms with Gasteiger partial charge < -0.3 is 10.2 Å². The van der Waals surface area contributed by atoms with Crippen LogP contribution in [0.1, 0.15) is 24.4 Å². The number of hydrogen-bond acceptors (Lipinski definition) is 2. The number of nitrogens with one attached hydrogen (secondary N) is 1. The van der Waals surface area contributed by atoms with E-state index in [0.717, 1.165) is 5.56 Å². The van der Waals surface area contributed by atoms with Crippen molar-refractivity contribution in [2.24, 2.45) is 0 Å². The molecule has 0 spiro atoms. The highest BCUT2D eigenvalue weighted by Crippen LogP contribution is 2.32. The van der Waals surface area contributed by atoms with Gasteiger partial charge in [0.25, 0.3) is 0 Å². The number of likely N-dealkylation sites (tertiary alicyclic amines) is 1. The van der Waals surface area contributed by atoms with Crippen molar-refractivity contribution in [2.45, 2.75) is 24.9 Å². The molecule has 1 amide bonds. The van der Waals surface area contributed by atoms with E-state index < -0.39 is 0 Å². The summed E-state index contributed by atoms with van der Waals surface area (Å²) in [6.45, 7) is 0.251. The van der Waals surface area contributed by atoms with E-state index in [1.54, 1.807) is 11.9 Å². The second-order valence-electron chi connectivity index (χ2n) is 4.81. The molecule has 1 aromatic carbocycles. The lowest BCUT2D eigenvalue weighted by atomic mass is 10.00. The Balaban J connectivity index is 2.13. The molecule has 1 fully saturated rings. The average Bonchev–Trinajstić information content (AvgIpc) is 2.67. The first-order valence-electron chi connectivity index (χ1n) is 6.44. The molecule has 2 rings (SSSR count). The third-order valence-electron chi connectivity index (χ3n) is 3.51. The topological polar surface area (TPSA) is 32.3 Å². The van der Waals surface area contributed by atoms with Gasteiger partial charge in [-0.15, -0.1) is 0 Å². The Bertz CT molecular complexity index is 438. The number of carbonyl (C=O) groups excluding carboxylic acids is 1. The van der Waals surface area contributed by atoms with Crippen LogP contribution in [0, 0.1) is 0 Å². The van der Waals surface area contributed by atoms with E-state index in [9.17, 15) is 9.18 Å². The molecule has 1 saturated heterocycles. The van der Waals surface area contributed by atoms with Gasteiger partial charge in [0.2, 0.25) is 5.91 Å². The van der Waals surface area contributed by atoms with Gasteiger partial charge in [-0.25, -0.2) is 0 Å². The van der Waals surface area contributed by atoms with Crippen LogP contribution in [0.25, 0.3) is 0 Å². The molecule has 0 radical (unpaired) electrons. The molecular formula is C14H18ClFN2O. The zero-order chi connectivity index (χ0) is 13.8. The molecule has 104 valence electrons. The summed E-state index contributed by atoms with van der Waals surface area (Å²) < 4.78 is 12.2. The summed E-state index contributed by atoms with van der Waals surface area (Å²) in [6, 6.07) is 7.55. The minimum absolute atomic E-state index is 0.00984. The number of carbonyl (C=O) groups is 1. The van der Waals surface area contributed by atoms with E-state index in [-0.39, 0.29) is 24.7 Å². The van der Waals surface area contributed by atoms with Crippen LogP contribution in [0.5, 0.6) is 0 Å². The first-order valence-corrected chi connectivity index (χ1v) is 6.81. The molecule has 0 aliphatic carbocycles. The molecule has 3 nitrogen and oxygen atoms in total. The molecule has 0 saturated carbocycles. The monoisotopic (exact) mass is 284 g/mol. The van der Waals surface area contributed by atoms with Gasteiger partial charge in [0.15, 0.2) is 0 Å². The first kappa shape index (κ1) is 14.3. The lowest BCUT2D eigenvalue weighted by molar-refractivity contribution is -0.127. The number of amides is 1. The molecular weight excluding hydrogens is 267 g/mol. The second-order valence-corrected chi connectivity index (χ2v) is 5.24. The van der Waals surface area contributed by atoms with Gasteiger partial charge >= 0.3 is 0 Å². The Morgan fingerprint density at radius 1 is 1.42 bits per heavy atom. The number of alkyl halides is 1. The third kappa shape index (κ3) is 3.25. The smallest absolute Gasteiger partial charge is 0.224 e. The van der Waals surface area contributed by atoms with Crippen molar-refractivity contribution in [2.75, 3.05) is 20.3 Å². The maximum atomic E-state index is 12.2. The number of hydrogen-bond donors (Lipinski definition) is 1. The Morgan fingerprint density at radius 2 is 2.11 bits per heavy atom. The third-order valence-corrected chi connectivity index (χ3v) is 3.77. The Kier molecular flexibility index (Phi) is 4.77. The molecule has 1 heterocycles. The molecule has 2 atom stereocenters. The standard InChI is InChI=1S/C14H18ClFN2O/c1-18-13(19)9-12(17-8-2-7-16)14(18)10-3-5-11(15)6-4-10/h3-6,12,14,17H,2,7-9H2,1H3/t12-,14-/m1/s1. The van der Waals surface area contributed by atoms with Gasteiger partial charge in [-0.2, -0.15) is 0 Å². The lowest BCUT2D eigenvalue weighted by Crippen LogP contribution is -2.35. The maximum Gasteiger partial charge on any atom is 0.224 e. The van der Waals surface area contributed by atoms with E-state index in [1.165, 1.54) is 0 Å². The summed E-state index contributed by atoms with van der Waals surface area (Å²) in [4.78, 5) is 13.6. The maximum absolute atomic E-state index is 12.2. The number of halogens is 2. The van der Waals surface area contributed by atoms with Gasteiger partial charge in [-0.3, -0.25) is 9.18 Å². The number of nitrogens with zero attached hydrogens (tertiary/aromatic N) is 1. The van der Waals surface area contributed by atoms with Crippen molar-refractivity contribution < 1.29 is 9.18 Å². The number of likely N-dealkylation sites (N-methyl/N-ethyl adjacent to an activating group) is 1. The fourth-order valence-electron chi connectivity index (χ4n) is 2.52. The molecule has 0 unspecified atom stereocenters. The lowest BCUT2D eigenvalue weighted by Gasteiger charge is -2.26. The molecule has 1 N–H and O–H groups in total. The summed E-state index contributed by atoms with van der Waals surface area (Å²) in [6.07, 6.45) is 0.928. The number of rotatable bonds is 5. The van der Waals surface area contributed by atoms with Crippen molar-refractivity contribution in [1.29, 1.82) is 0 Å². The Hall–Kier alpha value is -1.13. The highest BCUT2D eigenvalue weighted by molar-refractivity contribution is 6.30. The number of benzene rings is 1. The van der Waals surface area contributed by atoms with Crippen LogP contribution in [0.2, 0.25) is 5.02 Å². The molecule has 19 heavy (non-hydrogen) atoms. The van der Waals surface area contributed by atoms with Crippen LogP contribution in [0.15, 0.2) is 24.3 Å². The highest BCUT2D eigenvalue weighted by atomic mass is 35.5. The zero-order valence-electron chi connectivity index (χ0n) is 10.9. The van der Waals surface area contributed by atoms with Crippen molar-refractivity contribution in [3.05, 3.63) is 34.9 Å². The molecule has 0 bridgehead atoms. The molecule has 5 heteroatoms. The summed E-state index contributed by atoms with van der Waals surface area (Å²) in [7, 11) is 1.80. The van der Waals surface area contributed by atoms with E-state index in [4.69, 9.17) is 11.6 Å². The molecule has 1 aliphatic heterocycles. The van der Waals surface area contributed by atoms with E-state index in [2.05, 4.69) is 5.32 Å². The largest absolute Gasteiger partial charge is 0.337 e. The van der Waals surface area contributed by atoms with Gasteiger partial charge in [0, 0.05) is 24.5 Å². The van der Waals surface area contributed by atoms with Crippen molar-refractivity contribution in [3.8, 4) is 0 Å².